The van der Waals surface area contributed by atoms with Crippen molar-refractivity contribution in [2.75, 3.05) is 5.32 Å². The maximum absolute atomic E-state index is 11.6. The molecule has 0 saturated carbocycles. The lowest BCUT2D eigenvalue weighted by atomic mass is 10.3. The molecule has 0 atom stereocenters. The molecule has 0 fully saturated rings. The van der Waals surface area contributed by atoms with Gasteiger partial charge in [-0.15, -0.1) is 0 Å². The average molecular weight is 239 g/mol. The molecule has 0 radical (unpaired) electrons. The molecule has 0 saturated heterocycles. The maximum Gasteiger partial charge on any atom is 0.267 e. The second-order valence-electron chi connectivity index (χ2n) is 2.83. The maximum atomic E-state index is 11.6. The van der Waals surface area contributed by atoms with E-state index in [0.717, 1.165) is 17.2 Å². The van der Waals surface area contributed by atoms with Crippen LogP contribution >= 0.6 is 23.1 Å². The quantitative estimate of drug-likeness (QED) is 0.874. The van der Waals surface area contributed by atoms with E-state index in [2.05, 4.69) is 9.69 Å². The van der Waals surface area contributed by atoms with Gasteiger partial charge in [-0.1, -0.05) is 29.8 Å². The first-order valence-electron chi connectivity index (χ1n) is 4.24. The van der Waals surface area contributed by atoms with Gasteiger partial charge in [-0.3, -0.25) is 4.79 Å². The van der Waals surface area contributed by atoms with E-state index < -0.39 is 0 Å². The van der Waals surface area contributed by atoms with Crippen LogP contribution in [0.25, 0.3) is 0 Å². The number of carbonyl (C=O) groups excluding carboxylic acids is 1. The first-order valence-corrected chi connectivity index (χ1v) is 5.39. The Hall–Kier alpha value is -1.39. The van der Waals surface area contributed by atoms with Crippen LogP contribution in [0.3, 0.4) is 0 Å². The standard InChI is InChI=1S/C10H7ClN2OS/c11-9-6-8(15-13-9)10(14)12-7-4-2-1-3-5-7/h1-6H,(H,12,14). The Balaban J connectivity index is 2.11. The highest BCUT2D eigenvalue weighted by Crippen LogP contribution is 2.16. The number of nitrogens with zero attached hydrogens (tertiary/aromatic N) is 1. The van der Waals surface area contributed by atoms with Crippen molar-refractivity contribution in [3.63, 3.8) is 0 Å². The van der Waals surface area contributed by atoms with Gasteiger partial charge < -0.3 is 5.32 Å². The zero-order valence-corrected chi connectivity index (χ0v) is 9.18. The van der Waals surface area contributed by atoms with Crippen LogP contribution in [0, 0.1) is 0 Å². The Kier molecular flexibility index (Phi) is 2.99. The molecule has 1 aromatic carbocycles. The highest BCUT2D eigenvalue weighted by atomic mass is 35.5. The normalized spacial score (nSPS) is 9.93. The summed E-state index contributed by atoms with van der Waals surface area (Å²) in [6, 6.07) is 10.8. The van der Waals surface area contributed by atoms with Gasteiger partial charge in [0.25, 0.3) is 5.91 Å². The zero-order chi connectivity index (χ0) is 10.7. The number of rotatable bonds is 2. The van der Waals surface area contributed by atoms with E-state index in [1.807, 2.05) is 30.3 Å². The lowest BCUT2D eigenvalue weighted by Crippen LogP contribution is -2.09. The molecular formula is C10H7ClN2OS. The van der Waals surface area contributed by atoms with Crippen LogP contribution in [0.4, 0.5) is 5.69 Å². The second-order valence-corrected chi connectivity index (χ2v) is 4.03. The monoisotopic (exact) mass is 238 g/mol. The minimum atomic E-state index is -0.189. The van der Waals surface area contributed by atoms with Gasteiger partial charge in [0.1, 0.15) is 10.0 Å². The number of amides is 1. The zero-order valence-electron chi connectivity index (χ0n) is 7.61. The Morgan fingerprint density at radius 2 is 2.07 bits per heavy atom. The molecular weight excluding hydrogens is 232 g/mol. The topological polar surface area (TPSA) is 42.0 Å². The number of hydrogen-bond acceptors (Lipinski definition) is 3. The van der Waals surface area contributed by atoms with Crippen molar-refractivity contribution in [1.29, 1.82) is 0 Å². The highest BCUT2D eigenvalue weighted by Gasteiger charge is 2.09. The summed E-state index contributed by atoms with van der Waals surface area (Å²) in [6.45, 7) is 0. The van der Waals surface area contributed by atoms with Crippen LogP contribution in [-0.2, 0) is 0 Å². The number of aromatic nitrogens is 1. The highest BCUT2D eigenvalue weighted by molar-refractivity contribution is 7.08. The van der Waals surface area contributed by atoms with E-state index in [4.69, 9.17) is 11.6 Å². The summed E-state index contributed by atoms with van der Waals surface area (Å²) in [7, 11) is 0. The Bertz CT molecular complexity index is 469. The molecule has 5 heteroatoms. The molecule has 0 aliphatic rings. The van der Waals surface area contributed by atoms with Crippen molar-refractivity contribution in [2.45, 2.75) is 0 Å². The summed E-state index contributed by atoms with van der Waals surface area (Å²) in [5.41, 5.74) is 0.757. The number of anilines is 1. The Morgan fingerprint density at radius 1 is 1.33 bits per heavy atom. The second kappa shape index (κ2) is 4.42. The third-order valence-corrected chi connectivity index (χ3v) is 2.82. The van der Waals surface area contributed by atoms with Gasteiger partial charge in [0.2, 0.25) is 0 Å². The molecule has 0 unspecified atom stereocenters. The van der Waals surface area contributed by atoms with Crippen molar-refractivity contribution in [1.82, 2.24) is 4.37 Å². The number of benzene rings is 1. The van der Waals surface area contributed by atoms with Gasteiger partial charge in [0.15, 0.2) is 0 Å². The number of carbonyl (C=O) groups is 1. The van der Waals surface area contributed by atoms with Gasteiger partial charge in [-0.25, -0.2) is 0 Å². The van der Waals surface area contributed by atoms with E-state index in [1.165, 1.54) is 0 Å². The van der Waals surface area contributed by atoms with Gasteiger partial charge in [-0.05, 0) is 23.7 Å². The van der Waals surface area contributed by atoms with Crippen molar-refractivity contribution in [2.24, 2.45) is 0 Å². The molecule has 3 nitrogen and oxygen atoms in total. The predicted molar refractivity (Wildman–Crippen MR) is 61.5 cm³/mol. The third kappa shape index (κ3) is 2.55. The fourth-order valence-electron chi connectivity index (χ4n) is 1.07. The van der Waals surface area contributed by atoms with Crippen LogP contribution < -0.4 is 5.32 Å². The molecule has 1 aromatic heterocycles. The molecule has 1 N–H and O–H groups in total. The van der Waals surface area contributed by atoms with Crippen LogP contribution in [0.1, 0.15) is 9.67 Å². The van der Waals surface area contributed by atoms with Crippen molar-refractivity contribution in [3.05, 3.63) is 46.4 Å². The number of hydrogen-bond donors (Lipinski definition) is 1. The van der Waals surface area contributed by atoms with E-state index in [-0.39, 0.29) is 5.91 Å². The molecule has 1 amide bonds. The van der Waals surface area contributed by atoms with E-state index in [1.54, 1.807) is 6.07 Å². The fourth-order valence-corrected chi connectivity index (χ4v) is 1.89. The Labute approximate surface area is 95.9 Å². The molecule has 2 aromatic rings. The van der Waals surface area contributed by atoms with Crippen molar-refractivity contribution in [3.8, 4) is 0 Å². The summed E-state index contributed by atoms with van der Waals surface area (Å²) >= 11 is 6.71. The van der Waals surface area contributed by atoms with E-state index in [0.29, 0.717) is 10.0 Å². The average Bonchev–Trinajstić information content (AvgIpc) is 2.66. The smallest absolute Gasteiger partial charge is 0.267 e. The molecule has 0 bridgehead atoms. The van der Waals surface area contributed by atoms with Gasteiger partial charge in [0, 0.05) is 11.8 Å². The SMILES string of the molecule is O=C(Nc1ccccc1)c1cc(Cl)ns1. The Morgan fingerprint density at radius 3 is 2.67 bits per heavy atom. The first-order chi connectivity index (χ1) is 7.25. The van der Waals surface area contributed by atoms with Crippen LogP contribution in [-0.4, -0.2) is 10.3 Å². The minimum absolute atomic E-state index is 0.189. The van der Waals surface area contributed by atoms with Gasteiger partial charge >= 0.3 is 0 Å². The molecule has 0 aliphatic heterocycles. The van der Waals surface area contributed by atoms with Crippen molar-refractivity contribution >= 4 is 34.7 Å². The lowest BCUT2D eigenvalue weighted by Gasteiger charge is -2.01. The molecule has 76 valence electrons. The lowest BCUT2D eigenvalue weighted by molar-refractivity contribution is 0.103. The summed E-state index contributed by atoms with van der Waals surface area (Å²) < 4.78 is 3.83. The molecule has 1 heterocycles. The fraction of sp³-hybridized carbons (Fsp3) is 0. The van der Waals surface area contributed by atoms with E-state index >= 15 is 0 Å². The van der Waals surface area contributed by atoms with Gasteiger partial charge in [-0.2, -0.15) is 4.37 Å². The van der Waals surface area contributed by atoms with Gasteiger partial charge in [0.05, 0.1) is 0 Å². The number of halogens is 1. The van der Waals surface area contributed by atoms with E-state index in [9.17, 15) is 4.79 Å². The minimum Gasteiger partial charge on any atom is -0.321 e. The third-order valence-electron chi connectivity index (χ3n) is 1.74. The summed E-state index contributed by atoms with van der Waals surface area (Å²) in [5, 5.41) is 3.09. The number of para-hydroxylation sites is 1. The van der Waals surface area contributed by atoms with Crippen LogP contribution in [0.15, 0.2) is 36.4 Å². The van der Waals surface area contributed by atoms with Crippen molar-refractivity contribution < 1.29 is 4.79 Å². The number of nitrogens with one attached hydrogen (secondary N) is 1. The summed E-state index contributed by atoms with van der Waals surface area (Å²) in [6.07, 6.45) is 0. The van der Waals surface area contributed by atoms with Crippen LogP contribution in [0.2, 0.25) is 5.15 Å². The molecule has 15 heavy (non-hydrogen) atoms. The summed E-state index contributed by atoms with van der Waals surface area (Å²) in [4.78, 5) is 12.1. The molecule has 0 spiro atoms. The van der Waals surface area contributed by atoms with Crippen LogP contribution in [0.5, 0.6) is 0 Å². The largest absolute Gasteiger partial charge is 0.321 e. The molecule has 0 aliphatic carbocycles. The molecule has 2 rings (SSSR count). The first kappa shape index (κ1) is 10.1. The predicted octanol–water partition coefficient (Wildman–Crippen LogP) is 3.05. The summed E-state index contributed by atoms with van der Waals surface area (Å²) in [5.74, 6) is -0.189.